The van der Waals surface area contributed by atoms with Crippen LogP contribution in [0.5, 0.6) is 0 Å². The van der Waals surface area contributed by atoms with Gasteiger partial charge in [-0.2, -0.15) is 0 Å². The van der Waals surface area contributed by atoms with E-state index in [-0.39, 0.29) is 11.8 Å². The third kappa shape index (κ3) is 5.47. The smallest absolute Gasteiger partial charge is 0.257 e. The zero-order valence-corrected chi connectivity index (χ0v) is 16.5. The fourth-order valence-electron chi connectivity index (χ4n) is 2.63. The van der Waals surface area contributed by atoms with Crippen LogP contribution in [0.1, 0.15) is 51.9 Å². The lowest BCUT2D eigenvalue weighted by Gasteiger charge is -2.07. The number of anilines is 2. The highest BCUT2D eigenvalue weighted by Gasteiger charge is 2.12. The van der Waals surface area contributed by atoms with Gasteiger partial charge in [0.15, 0.2) is 0 Å². The Morgan fingerprint density at radius 2 is 1.64 bits per heavy atom. The Kier molecular flexibility index (Phi) is 6.86. The molecule has 3 aromatic rings. The van der Waals surface area contributed by atoms with E-state index in [1.54, 1.807) is 48.5 Å². The maximum absolute atomic E-state index is 12.5. The van der Waals surface area contributed by atoms with Crippen LogP contribution < -0.4 is 10.6 Å². The summed E-state index contributed by atoms with van der Waals surface area (Å²) in [5, 5.41) is 15.1. The van der Waals surface area contributed by atoms with Crippen LogP contribution in [0.3, 0.4) is 0 Å². The molecule has 6 nitrogen and oxygen atoms in total. The molecule has 3 rings (SSSR count). The Labute approximate surface area is 168 Å². The Morgan fingerprint density at radius 1 is 0.893 bits per heavy atom. The molecule has 0 fully saturated rings. The van der Waals surface area contributed by atoms with Crippen molar-refractivity contribution in [1.82, 2.24) is 10.2 Å². The quantitative estimate of drug-likeness (QED) is 0.539. The van der Waals surface area contributed by atoms with Crippen molar-refractivity contribution in [2.45, 2.75) is 32.6 Å². The lowest BCUT2D eigenvalue weighted by molar-refractivity contribution is 0.101. The van der Waals surface area contributed by atoms with E-state index >= 15 is 0 Å². The van der Waals surface area contributed by atoms with Crippen LogP contribution >= 0.6 is 11.3 Å². The number of unbranched alkanes of at least 4 members (excludes halogenated alkanes) is 2. The van der Waals surface area contributed by atoms with Crippen LogP contribution in [-0.4, -0.2) is 22.0 Å². The van der Waals surface area contributed by atoms with Crippen LogP contribution in [0.25, 0.3) is 0 Å². The summed E-state index contributed by atoms with van der Waals surface area (Å²) >= 11 is 1.39. The molecule has 2 N–H and O–H groups in total. The number of amides is 2. The monoisotopic (exact) mass is 394 g/mol. The van der Waals surface area contributed by atoms with Gasteiger partial charge >= 0.3 is 0 Å². The minimum atomic E-state index is -0.285. The number of hydrogen-bond donors (Lipinski definition) is 2. The minimum Gasteiger partial charge on any atom is -0.322 e. The van der Waals surface area contributed by atoms with Gasteiger partial charge in [-0.15, -0.1) is 10.2 Å². The number of aryl methyl sites for hydroxylation is 1. The first-order valence-electron chi connectivity index (χ1n) is 9.26. The maximum Gasteiger partial charge on any atom is 0.257 e. The van der Waals surface area contributed by atoms with Gasteiger partial charge in [-0.25, -0.2) is 0 Å². The molecule has 0 saturated heterocycles. The van der Waals surface area contributed by atoms with E-state index < -0.39 is 0 Å². The first-order chi connectivity index (χ1) is 13.7. The second-order valence-electron chi connectivity index (χ2n) is 6.31. The maximum atomic E-state index is 12.5. The second-order valence-corrected chi connectivity index (χ2v) is 7.38. The first-order valence-corrected chi connectivity index (χ1v) is 10.1. The zero-order chi connectivity index (χ0) is 19.8. The number of aromatic nitrogens is 2. The highest BCUT2D eigenvalue weighted by atomic mass is 32.1. The fraction of sp³-hybridized carbons (Fsp3) is 0.238. The van der Waals surface area contributed by atoms with Crippen molar-refractivity contribution in [2.24, 2.45) is 0 Å². The largest absolute Gasteiger partial charge is 0.322 e. The lowest BCUT2D eigenvalue weighted by atomic mass is 10.1. The summed E-state index contributed by atoms with van der Waals surface area (Å²) in [6, 6.07) is 15.7. The molecule has 1 heterocycles. The van der Waals surface area contributed by atoms with E-state index in [9.17, 15) is 9.59 Å². The summed E-state index contributed by atoms with van der Waals surface area (Å²) < 4.78 is 0. The molecular weight excluding hydrogens is 372 g/mol. The van der Waals surface area contributed by atoms with E-state index in [2.05, 4.69) is 27.8 Å². The third-order valence-corrected chi connectivity index (χ3v) is 5.00. The van der Waals surface area contributed by atoms with Crippen LogP contribution in [0.4, 0.5) is 10.8 Å². The number of carbonyl (C=O) groups excluding carboxylic acids is 2. The van der Waals surface area contributed by atoms with Crippen molar-refractivity contribution in [3.8, 4) is 0 Å². The Hall–Kier alpha value is -3.06. The Morgan fingerprint density at radius 3 is 2.43 bits per heavy atom. The molecule has 0 spiro atoms. The molecule has 0 radical (unpaired) electrons. The summed E-state index contributed by atoms with van der Waals surface area (Å²) in [5.41, 5.74) is 1.55. The van der Waals surface area contributed by atoms with E-state index in [1.807, 2.05) is 6.07 Å². The zero-order valence-electron chi connectivity index (χ0n) is 15.6. The molecular formula is C21H22N4O2S. The molecule has 0 aliphatic carbocycles. The number of nitrogens with zero attached hydrogens (tertiary/aromatic N) is 2. The van der Waals surface area contributed by atoms with Gasteiger partial charge in [0.2, 0.25) is 5.13 Å². The summed E-state index contributed by atoms with van der Waals surface area (Å²) in [6.45, 7) is 2.15. The van der Waals surface area contributed by atoms with Crippen molar-refractivity contribution < 1.29 is 9.59 Å². The predicted molar refractivity (Wildman–Crippen MR) is 112 cm³/mol. The van der Waals surface area contributed by atoms with Crippen molar-refractivity contribution in [3.05, 3.63) is 70.7 Å². The van der Waals surface area contributed by atoms with Gasteiger partial charge in [-0.1, -0.05) is 55.4 Å². The molecule has 0 aliphatic heterocycles. The van der Waals surface area contributed by atoms with Gasteiger partial charge in [0.1, 0.15) is 5.01 Å². The van der Waals surface area contributed by atoms with Crippen LogP contribution in [0.15, 0.2) is 54.6 Å². The standard InChI is InChI=1S/C21H22N4O2S/c1-2-3-5-13-18-24-25-21(28-18)23-20(27)16-11-8-12-17(14-16)22-19(26)15-9-6-4-7-10-15/h4,6-12,14H,2-3,5,13H2,1H3,(H,22,26)(H,23,25,27). The van der Waals surface area contributed by atoms with Crippen molar-refractivity contribution >= 4 is 34.0 Å². The fourth-order valence-corrected chi connectivity index (χ4v) is 3.41. The molecule has 144 valence electrons. The normalized spacial score (nSPS) is 10.5. The molecule has 2 amide bonds. The molecule has 0 aliphatic rings. The molecule has 7 heteroatoms. The summed E-state index contributed by atoms with van der Waals surface area (Å²) in [7, 11) is 0. The first kappa shape index (κ1) is 19.7. The highest BCUT2D eigenvalue weighted by molar-refractivity contribution is 7.15. The molecule has 1 aromatic heterocycles. The van der Waals surface area contributed by atoms with E-state index in [0.29, 0.717) is 21.9 Å². The number of carbonyl (C=O) groups is 2. The summed E-state index contributed by atoms with van der Waals surface area (Å²) in [6.07, 6.45) is 4.26. The van der Waals surface area contributed by atoms with E-state index in [0.717, 1.165) is 30.7 Å². The Balaban J connectivity index is 1.61. The average molecular weight is 395 g/mol. The summed E-state index contributed by atoms with van der Waals surface area (Å²) in [4.78, 5) is 24.8. The summed E-state index contributed by atoms with van der Waals surface area (Å²) in [5.74, 6) is -0.508. The molecule has 0 unspecified atom stereocenters. The Bertz CT molecular complexity index is 940. The number of hydrogen-bond acceptors (Lipinski definition) is 5. The third-order valence-electron chi connectivity index (χ3n) is 4.10. The van der Waals surface area contributed by atoms with Gasteiger partial charge < -0.3 is 5.32 Å². The highest BCUT2D eigenvalue weighted by Crippen LogP contribution is 2.19. The van der Waals surface area contributed by atoms with Gasteiger partial charge in [0.25, 0.3) is 11.8 Å². The molecule has 0 saturated carbocycles. The van der Waals surface area contributed by atoms with Crippen LogP contribution in [0.2, 0.25) is 0 Å². The van der Waals surface area contributed by atoms with E-state index in [4.69, 9.17) is 0 Å². The lowest BCUT2D eigenvalue weighted by Crippen LogP contribution is -2.14. The molecule has 0 atom stereocenters. The van der Waals surface area contributed by atoms with Gasteiger partial charge in [-0.05, 0) is 36.8 Å². The van der Waals surface area contributed by atoms with Crippen molar-refractivity contribution in [1.29, 1.82) is 0 Å². The number of benzene rings is 2. The second kappa shape index (κ2) is 9.75. The topological polar surface area (TPSA) is 84.0 Å². The van der Waals surface area contributed by atoms with Crippen LogP contribution in [0, 0.1) is 0 Å². The van der Waals surface area contributed by atoms with E-state index in [1.165, 1.54) is 11.3 Å². The van der Waals surface area contributed by atoms with Gasteiger partial charge in [0.05, 0.1) is 0 Å². The van der Waals surface area contributed by atoms with Gasteiger partial charge in [-0.3, -0.25) is 14.9 Å². The van der Waals surface area contributed by atoms with Crippen molar-refractivity contribution in [2.75, 3.05) is 10.6 Å². The average Bonchev–Trinajstić information content (AvgIpc) is 3.16. The minimum absolute atomic E-state index is 0.223. The van der Waals surface area contributed by atoms with Gasteiger partial charge in [0, 0.05) is 23.2 Å². The molecule has 2 aromatic carbocycles. The number of rotatable bonds is 8. The molecule has 28 heavy (non-hydrogen) atoms. The van der Waals surface area contributed by atoms with Crippen molar-refractivity contribution in [3.63, 3.8) is 0 Å². The number of nitrogens with one attached hydrogen (secondary N) is 2. The predicted octanol–water partition coefficient (Wildman–Crippen LogP) is 4.78. The SMILES string of the molecule is CCCCCc1nnc(NC(=O)c2cccc(NC(=O)c3ccccc3)c2)s1. The molecule has 0 bridgehead atoms. The van der Waals surface area contributed by atoms with Crippen LogP contribution in [-0.2, 0) is 6.42 Å².